The van der Waals surface area contributed by atoms with Crippen molar-refractivity contribution in [2.75, 3.05) is 5.73 Å². The Morgan fingerprint density at radius 1 is 1.00 bits per heavy atom. The smallest absolute Gasteiger partial charge is 0.0682 e. The first-order valence-electron chi connectivity index (χ1n) is 4.18. The molecule has 0 heterocycles. The van der Waals surface area contributed by atoms with Crippen molar-refractivity contribution in [3.63, 3.8) is 0 Å². The number of aliphatic hydroxyl groups excluding tert-OH is 1. The Morgan fingerprint density at radius 2 is 1.77 bits per heavy atom. The predicted molar refractivity (Wildman–Crippen MR) is 54.3 cm³/mol. The van der Waals surface area contributed by atoms with E-state index in [0.29, 0.717) is 0 Å². The van der Waals surface area contributed by atoms with Crippen LogP contribution < -0.4 is 5.73 Å². The second-order valence-electron chi connectivity index (χ2n) is 3.10. The molecule has 0 amide bonds. The van der Waals surface area contributed by atoms with Gasteiger partial charge in [0.05, 0.1) is 6.61 Å². The second-order valence-corrected chi connectivity index (χ2v) is 3.10. The van der Waals surface area contributed by atoms with Gasteiger partial charge in [0.1, 0.15) is 0 Å². The van der Waals surface area contributed by atoms with Crippen LogP contribution in [0.15, 0.2) is 36.4 Å². The molecule has 2 aromatic rings. The van der Waals surface area contributed by atoms with E-state index in [4.69, 9.17) is 10.8 Å². The molecule has 2 heteroatoms. The Labute approximate surface area is 76.6 Å². The van der Waals surface area contributed by atoms with E-state index in [9.17, 15) is 0 Å². The van der Waals surface area contributed by atoms with Crippen LogP contribution in [-0.2, 0) is 6.61 Å². The van der Waals surface area contributed by atoms with Crippen molar-refractivity contribution in [2.24, 2.45) is 0 Å². The zero-order chi connectivity index (χ0) is 9.26. The van der Waals surface area contributed by atoms with Crippen LogP contribution in [0.5, 0.6) is 0 Å². The molecule has 0 radical (unpaired) electrons. The predicted octanol–water partition coefficient (Wildman–Crippen LogP) is 1.91. The van der Waals surface area contributed by atoms with Crippen LogP contribution in [0.1, 0.15) is 5.56 Å². The fourth-order valence-electron chi connectivity index (χ4n) is 1.41. The van der Waals surface area contributed by atoms with Gasteiger partial charge in [-0.25, -0.2) is 0 Å². The highest BCUT2D eigenvalue weighted by atomic mass is 16.3. The van der Waals surface area contributed by atoms with Crippen molar-refractivity contribution in [3.05, 3.63) is 42.0 Å². The summed E-state index contributed by atoms with van der Waals surface area (Å²) < 4.78 is 0. The quantitative estimate of drug-likeness (QED) is 0.647. The molecule has 0 aliphatic rings. The van der Waals surface area contributed by atoms with Crippen molar-refractivity contribution >= 4 is 16.5 Å². The summed E-state index contributed by atoms with van der Waals surface area (Å²) in [7, 11) is 0. The molecule has 0 unspecified atom stereocenters. The van der Waals surface area contributed by atoms with E-state index in [1.54, 1.807) is 0 Å². The first-order chi connectivity index (χ1) is 6.29. The minimum atomic E-state index is 0.0741. The SMILES string of the molecule is Nc1ccc2ccc(CO)cc2c1. The van der Waals surface area contributed by atoms with E-state index >= 15 is 0 Å². The zero-order valence-corrected chi connectivity index (χ0v) is 7.20. The van der Waals surface area contributed by atoms with Gasteiger partial charge in [0.25, 0.3) is 0 Å². The third-order valence-corrected chi connectivity index (χ3v) is 2.11. The van der Waals surface area contributed by atoms with Crippen LogP contribution in [-0.4, -0.2) is 5.11 Å². The van der Waals surface area contributed by atoms with E-state index in [-0.39, 0.29) is 6.61 Å². The standard InChI is InChI=1S/C11H11NO/c12-11-4-3-9-2-1-8(7-13)5-10(9)6-11/h1-6,13H,7,12H2. The molecule has 0 aliphatic heterocycles. The number of anilines is 1. The third kappa shape index (κ3) is 1.48. The Kier molecular flexibility index (Phi) is 1.91. The molecule has 0 aromatic heterocycles. The summed E-state index contributed by atoms with van der Waals surface area (Å²) in [6, 6.07) is 11.6. The van der Waals surface area contributed by atoms with E-state index in [1.807, 2.05) is 36.4 Å². The van der Waals surface area contributed by atoms with Gasteiger partial charge in [-0.15, -0.1) is 0 Å². The average Bonchev–Trinajstić information content (AvgIpc) is 2.16. The molecule has 13 heavy (non-hydrogen) atoms. The highest BCUT2D eigenvalue weighted by Crippen LogP contribution is 2.18. The molecule has 0 spiro atoms. The van der Waals surface area contributed by atoms with Gasteiger partial charge in [-0.3, -0.25) is 0 Å². The van der Waals surface area contributed by atoms with Crippen molar-refractivity contribution in [2.45, 2.75) is 6.61 Å². The lowest BCUT2D eigenvalue weighted by Crippen LogP contribution is -1.86. The number of fused-ring (bicyclic) bond motifs is 1. The molecular formula is C11H11NO. The maximum atomic E-state index is 8.94. The molecule has 2 aromatic carbocycles. The fraction of sp³-hybridized carbons (Fsp3) is 0.0909. The number of benzene rings is 2. The number of rotatable bonds is 1. The first kappa shape index (κ1) is 8.08. The fourth-order valence-corrected chi connectivity index (χ4v) is 1.41. The van der Waals surface area contributed by atoms with Crippen LogP contribution >= 0.6 is 0 Å². The summed E-state index contributed by atoms with van der Waals surface area (Å²) in [5, 5.41) is 11.2. The Morgan fingerprint density at radius 3 is 2.54 bits per heavy atom. The van der Waals surface area contributed by atoms with Gasteiger partial charge in [0.15, 0.2) is 0 Å². The van der Waals surface area contributed by atoms with Crippen molar-refractivity contribution in [3.8, 4) is 0 Å². The van der Waals surface area contributed by atoms with Crippen molar-refractivity contribution < 1.29 is 5.11 Å². The average molecular weight is 173 g/mol. The van der Waals surface area contributed by atoms with Gasteiger partial charge in [-0.05, 0) is 34.5 Å². The zero-order valence-electron chi connectivity index (χ0n) is 7.20. The molecule has 2 nitrogen and oxygen atoms in total. The Balaban J connectivity index is 2.68. The lowest BCUT2D eigenvalue weighted by atomic mass is 10.1. The molecule has 0 saturated heterocycles. The number of hydrogen-bond donors (Lipinski definition) is 2. The van der Waals surface area contributed by atoms with Crippen LogP contribution in [0.25, 0.3) is 10.8 Å². The summed E-state index contributed by atoms with van der Waals surface area (Å²) in [6.45, 7) is 0.0741. The van der Waals surface area contributed by atoms with Gasteiger partial charge in [0, 0.05) is 5.69 Å². The molecular weight excluding hydrogens is 162 g/mol. The molecule has 3 N–H and O–H groups in total. The monoisotopic (exact) mass is 173 g/mol. The minimum absolute atomic E-state index is 0.0741. The summed E-state index contributed by atoms with van der Waals surface area (Å²) in [6.07, 6.45) is 0. The summed E-state index contributed by atoms with van der Waals surface area (Å²) in [4.78, 5) is 0. The van der Waals surface area contributed by atoms with E-state index < -0.39 is 0 Å². The number of nitrogen functional groups attached to an aromatic ring is 1. The normalized spacial score (nSPS) is 10.5. The molecule has 2 rings (SSSR count). The molecule has 66 valence electrons. The largest absolute Gasteiger partial charge is 0.399 e. The van der Waals surface area contributed by atoms with Crippen molar-refractivity contribution in [1.29, 1.82) is 0 Å². The van der Waals surface area contributed by atoms with Crippen LogP contribution in [0.4, 0.5) is 5.69 Å². The molecule has 0 saturated carbocycles. The van der Waals surface area contributed by atoms with Gasteiger partial charge in [-0.2, -0.15) is 0 Å². The minimum Gasteiger partial charge on any atom is -0.399 e. The maximum absolute atomic E-state index is 8.94. The molecule has 0 fully saturated rings. The lowest BCUT2D eigenvalue weighted by Gasteiger charge is -2.01. The van der Waals surface area contributed by atoms with E-state index in [1.165, 1.54) is 0 Å². The topological polar surface area (TPSA) is 46.2 Å². The third-order valence-electron chi connectivity index (χ3n) is 2.11. The maximum Gasteiger partial charge on any atom is 0.0682 e. The highest BCUT2D eigenvalue weighted by Gasteiger charge is 1.95. The van der Waals surface area contributed by atoms with Gasteiger partial charge >= 0.3 is 0 Å². The molecule has 0 aliphatic carbocycles. The van der Waals surface area contributed by atoms with Crippen LogP contribution in [0, 0.1) is 0 Å². The first-order valence-corrected chi connectivity index (χ1v) is 4.18. The Bertz CT molecular complexity index is 437. The summed E-state index contributed by atoms with van der Waals surface area (Å²) >= 11 is 0. The number of nitrogens with two attached hydrogens (primary N) is 1. The van der Waals surface area contributed by atoms with Gasteiger partial charge in [0.2, 0.25) is 0 Å². The van der Waals surface area contributed by atoms with Gasteiger partial charge in [-0.1, -0.05) is 18.2 Å². The number of aliphatic hydroxyl groups is 1. The van der Waals surface area contributed by atoms with E-state index in [0.717, 1.165) is 22.0 Å². The second kappa shape index (κ2) is 3.07. The van der Waals surface area contributed by atoms with Crippen LogP contribution in [0.3, 0.4) is 0 Å². The summed E-state index contributed by atoms with van der Waals surface area (Å²) in [5.41, 5.74) is 7.32. The lowest BCUT2D eigenvalue weighted by molar-refractivity contribution is 0.282. The van der Waals surface area contributed by atoms with E-state index in [2.05, 4.69) is 0 Å². The van der Waals surface area contributed by atoms with Crippen LogP contribution in [0.2, 0.25) is 0 Å². The Hall–Kier alpha value is -1.54. The van der Waals surface area contributed by atoms with Crippen molar-refractivity contribution in [1.82, 2.24) is 0 Å². The number of hydrogen-bond acceptors (Lipinski definition) is 2. The van der Waals surface area contributed by atoms with Gasteiger partial charge < -0.3 is 10.8 Å². The summed E-state index contributed by atoms with van der Waals surface area (Å²) in [5.74, 6) is 0. The highest BCUT2D eigenvalue weighted by molar-refractivity contribution is 5.85. The molecule has 0 bridgehead atoms. The molecule has 0 atom stereocenters.